The van der Waals surface area contributed by atoms with Gasteiger partial charge < -0.3 is 0 Å². The van der Waals surface area contributed by atoms with Crippen LogP contribution in [0.2, 0.25) is 0 Å². The van der Waals surface area contributed by atoms with Gasteiger partial charge in [0.05, 0.1) is 6.04 Å². The average Bonchev–Trinajstić information content (AvgIpc) is 2.51. The highest BCUT2D eigenvalue weighted by molar-refractivity contribution is 5.85. The molecule has 0 aromatic rings. The Morgan fingerprint density at radius 2 is 1.92 bits per heavy atom. The Kier molecular flexibility index (Phi) is 4.43. The van der Waals surface area contributed by atoms with Crippen LogP contribution >= 0.6 is 0 Å². The Morgan fingerprint density at radius 3 is 2.31 bits per heavy atom. The van der Waals surface area contributed by atoms with Crippen LogP contribution in [0.1, 0.15) is 46.0 Å². The second-order valence-electron chi connectivity index (χ2n) is 3.91. The van der Waals surface area contributed by atoms with Crippen molar-refractivity contribution in [3.05, 3.63) is 0 Å². The maximum Gasteiger partial charge on any atom is 0.149 e. The van der Waals surface area contributed by atoms with Gasteiger partial charge in [0, 0.05) is 6.42 Å². The summed E-state index contributed by atoms with van der Waals surface area (Å²) in [6, 6.07) is 0.264. The normalized spacial score (nSPS) is 23.0. The van der Waals surface area contributed by atoms with Crippen LogP contribution in [0.3, 0.4) is 0 Å². The molecule has 0 amide bonds. The number of carbonyl (C=O) groups is 1. The van der Waals surface area contributed by atoms with Gasteiger partial charge in [-0.3, -0.25) is 9.69 Å². The molecule has 1 aliphatic rings. The molecule has 2 nitrogen and oxygen atoms in total. The summed E-state index contributed by atoms with van der Waals surface area (Å²) in [5.41, 5.74) is 0. The number of Topliss-reactive ketones (excluding diaryl/α,β-unsaturated/α-hetero) is 1. The van der Waals surface area contributed by atoms with Crippen molar-refractivity contribution in [2.45, 2.75) is 52.0 Å². The molecule has 0 aromatic carbocycles. The molecule has 0 spiro atoms. The molecule has 0 aromatic heterocycles. The van der Waals surface area contributed by atoms with Crippen LogP contribution in [0.15, 0.2) is 0 Å². The molecular formula is C11H21NO. The Bertz CT molecular complexity index is 161. The summed E-state index contributed by atoms with van der Waals surface area (Å²) in [7, 11) is 0. The zero-order valence-corrected chi connectivity index (χ0v) is 8.88. The van der Waals surface area contributed by atoms with Gasteiger partial charge in [-0.25, -0.2) is 0 Å². The van der Waals surface area contributed by atoms with Gasteiger partial charge >= 0.3 is 0 Å². The van der Waals surface area contributed by atoms with E-state index in [1.807, 2.05) is 0 Å². The van der Waals surface area contributed by atoms with Gasteiger partial charge in [0.25, 0.3) is 0 Å². The molecule has 0 radical (unpaired) electrons. The molecule has 13 heavy (non-hydrogen) atoms. The summed E-state index contributed by atoms with van der Waals surface area (Å²) >= 11 is 0. The van der Waals surface area contributed by atoms with Crippen LogP contribution < -0.4 is 0 Å². The SMILES string of the molecule is CCCN(CCC)C1CCCC1=O. The van der Waals surface area contributed by atoms with E-state index in [2.05, 4.69) is 18.7 Å². The third-order valence-corrected chi connectivity index (χ3v) is 2.73. The van der Waals surface area contributed by atoms with Crippen molar-refractivity contribution in [1.29, 1.82) is 0 Å². The first-order chi connectivity index (χ1) is 6.29. The topological polar surface area (TPSA) is 20.3 Å². The van der Waals surface area contributed by atoms with Crippen molar-refractivity contribution < 1.29 is 4.79 Å². The highest BCUT2D eigenvalue weighted by atomic mass is 16.1. The third kappa shape index (κ3) is 2.80. The first-order valence-electron chi connectivity index (χ1n) is 5.56. The van der Waals surface area contributed by atoms with E-state index in [0.717, 1.165) is 45.2 Å². The Labute approximate surface area is 81.3 Å². The molecule has 2 heteroatoms. The summed E-state index contributed by atoms with van der Waals surface area (Å²) in [6.07, 6.45) is 5.33. The van der Waals surface area contributed by atoms with Crippen LogP contribution in [-0.2, 0) is 4.79 Å². The number of carbonyl (C=O) groups excluding carboxylic acids is 1. The lowest BCUT2D eigenvalue weighted by atomic mass is 10.2. The monoisotopic (exact) mass is 183 g/mol. The van der Waals surface area contributed by atoms with E-state index in [1.54, 1.807) is 0 Å². The van der Waals surface area contributed by atoms with Gasteiger partial charge in [-0.15, -0.1) is 0 Å². The fraction of sp³-hybridized carbons (Fsp3) is 0.909. The van der Waals surface area contributed by atoms with E-state index < -0.39 is 0 Å². The quantitative estimate of drug-likeness (QED) is 0.651. The minimum atomic E-state index is 0.264. The van der Waals surface area contributed by atoms with Gasteiger partial charge in [0.15, 0.2) is 0 Å². The Hall–Kier alpha value is -0.370. The number of rotatable bonds is 5. The minimum Gasteiger partial charge on any atom is -0.298 e. The van der Waals surface area contributed by atoms with Crippen LogP contribution in [0, 0.1) is 0 Å². The first kappa shape index (κ1) is 10.7. The number of nitrogens with zero attached hydrogens (tertiary/aromatic N) is 1. The molecule has 1 saturated carbocycles. The Balaban J connectivity index is 2.47. The lowest BCUT2D eigenvalue weighted by Gasteiger charge is -2.26. The summed E-state index contributed by atoms with van der Waals surface area (Å²) in [6.45, 7) is 6.54. The van der Waals surface area contributed by atoms with Crippen LogP contribution in [-0.4, -0.2) is 29.8 Å². The van der Waals surface area contributed by atoms with Crippen LogP contribution in [0.25, 0.3) is 0 Å². The molecule has 1 unspecified atom stereocenters. The van der Waals surface area contributed by atoms with E-state index in [4.69, 9.17) is 0 Å². The highest BCUT2D eigenvalue weighted by Gasteiger charge is 2.28. The summed E-state index contributed by atoms with van der Waals surface area (Å²) in [5, 5.41) is 0. The van der Waals surface area contributed by atoms with Crippen molar-refractivity contribution >= 4 is 5.78 Å². The maximum atomic E-state index is 11.5. The van der Waals surface area contributed by atoms with E-state index >= 15 is 0 Å². The predicted molar refractivity (Wildman–Crippen MR) is 54.8 cm³/mol. The van der Waals surface area contributed by atoms with Crippen molar-refractivity contribution in [3.8, 4) is 0 Å². The van der Waals surface area contributed by atoms with Crippen molar-refractivity contribution in [3.63, 3.8) is 0 Å². The average molecular weight is 183 g/mol. The van der Waals surface area contributed by atoms with Crippen molar-refractivity contribution in [2.75, 3.05) is 13.1 Å². The highest BCUT2D eigenvalue weighted by Crippen LogP contribution is 2.20. The lowest BCUT2D eigenvalue weighted by Crippen LogP contribution is -2.39. The van der Waals surface area contributed by atoms with Crippen LogP contribution in [0.4, 0.5) is 0 Å². The van der Waals surface area contributed by atoms with Gasteiger partial charge in [-0.1, -0.05) is 13.8 Å². The third-order valence-electron chi connectivity index (χ3n) is 2.73. The smallest absolute Gasteiger partial charge is 0.149 e. The van der Waals surface area contributed by atoms with Crippen LogP contribution in [0.5, 0.6) is 0 Å². The number of hydrogen-bond acceptors (Lipinski definition) is 2. The minimum absolute atomic E-state index is 0.264. The maximum absolute atomic E-state index is 11.5. The zero-order valence-electron chi connectivity index (χ0n) is 8.88. The molecule has 1 aliphatic carbocycles. The van der Waals surface area contributed by atoms with E-state index in [9.17, 15) is 4.79 Å². The van der Waals surface area contributed by atoms with Gasteiger partial charge in [-0.05, 0) is 38.8 Å². The molecule has 1 rings (SSSR count). The standard InChI is InChI=1S/C11H21NO/c1-3-8-12(9-4-2)10-6-5-7-11(10)13/h10H,3-9H2,1-2H3. The number of ketones is 1. The zero-order chi connectivity index (χ0) is 9.68. The second kappa shape index (κ2) is 5.38. The molecule has 76 valence electrons. The first-order valence-corrected chi connectivity index (χ1v) is 5.56. The molecule has 1 atom stereocenters. The van der Waals surface area contributed by atoms with Crippen molar-refractivity contribution in [2.24, 2.45) is 0 Å². The fourth-order valence-electron chi connectivity index (χ4n) is 2.18. The van der Waals surface area contributed by atoms with Gasteiger partial charge in [0.2, 0.25) is 0 Å². The van der Waals surface area contributed by atoms with Crippen molar-refractivity contribution in [1.82, 2.24) is 4.90 Å². The van der Waals surface area contributed by atoms with E-state index in [-0.39, 0.29) is 6.04 Å². The largest absolute Gasteiger partial charge is 0.298 e. The lowest BCUT2D eigenvalue weighted by molar-refractivity contribution is -0.121. The molecule has 0 heterocycles. The second-order valence-corrected chi connectivity index (χ2v) is 3.91. The van der Waals surface area contributed by atoms with E-state index in [0.29, 0.717) is 5.78 Å². The predicted octanol–water partition coefficient (Wildman–Crippen LogP) is 2.23. The Morgan fingerprint density at radius 1 is 1.31 bits per heavy atom. The number of hydrogen-bond donors (Lipinski definition) is 0. The van der Waals surface area contributed by atoms with Gasteiger partial charge in [0.1, 0.15) is 5.78 Å². The molecule has 0 N–H and O–H groups in total. The summed E-state index contributed by atoms with van der Waals surface area (Å²) in [5.74, 6) is 0.474. The molecular weight excluding hydrogens is 162 g/mol. The summed E-state index contributed by atoms with van der Waals surface area (Å²) < 4.78 is 0. The molecule has 1 fully saturated rings. The van der Waals surface area contributed by atoms with E-state index in [1.165, 1.54) is 0 Å². The molecule has 0 saturated heterocycles. The fourth-order valence-corrected chi connectivity index (χ4v) is 2.18. The molecule has 0 bridgehead atoms. The molecule has 0 aliphatic heterocycles. The van der Waals surface area contributed by atoms with Gasteiger partial charge in [-0.2, -0.15) is 0 Å². The summed E-state index contributed by atoms with van der Waals surface area (Å²) in [4.78, 5) is 13.9.